The van der Waals surface area contributed by atoms with Crippen molar-refractivity contribution in [3.05, 3.63) is 59.0 Å². The maximum atomic E-state index is 10.2. The van der Waals surface area contributed by atoms with Gasteiger partial charge in [0.05, 0.1) is 12.7 Å². The predicted octanol–water partition coefficient (Wildman–Crippen LogP) is 3.33. The molecule has 3 nitrogen and oxygen atoms in total. The molecule has 0 amide bonds. The Morgan fingerprint density at radius 1 is 1.26 bits per heavy atom. The Labute approximate surface area is 112 Å². The molecule has 1 aromatic heterocycles. The topological polar surface area (TPSA) is 42.6 Å². The molecule has 0 saturated heterocycles. The van der Waals surface area contributed by atoms with Gasteiger partial charge in [-0.25, -0.2) is 0 Å². The molecule has 2 atom stereocenters. The number of aryl methyl sites for hydroxylation is 1. The van der Waals surface area contributed by atoms with Crippen molar-refractivity contribution in [2.45, 2.75) is 32.0 Å². The summed E-state index contributed by atoms with van der Waals surface area (Å²) >= 11 is 0. The van der Waals surface area contributed by atoms with Crippen molar-refractivity contribution in [3.8, 4) is 0 Å². The molecule has 1 aliphatic rings. The van der Waals surface area contributed by atoms with Crippen LogP contribution in [0, 0.1) is 6.92 Å². The van der Waals surface area contributed by atoms with E-state index in [9.17, 15) is 5.11 Å². The average Bonchev–Trinajstić information content (AvgIpc) is 2.86. The lowest BCUT2D eigenvalue weighted by Crippen LogP contribution is -2.18. The largest absolute Gasteiger partial charge is 0.464 e. The van der Waals surface area contributed by atoms with Gasteiger partial charge in [-0.2, -0.15) is 0 Å². The molecule has 2 heterocycles. The lowest BCUT2D eigenvalue weighted by atomic mass is 9.94. The van der Waals surface area contributed by atoms with Gasteiger partial charge in [0.15, 0.2) is 0 Å². The Morgan fingerprint density at radius 3 is 2.89 bits per heavy atom. The van der Waals surface area contributed by atoms with E-state index in [1.165, 1.54) is 11.1 Å². The van der Waals surface area contributed by atoms with E-state index in [0.717, 1.165) is 12.2 Å². The summed E-state index contributed by atoms with van der Waals surface area (Å²) in [5, 5.41) is 10.2. The summed E-state index contributed by atoms with van der Waals surface area (Å²) in [6.07, 6.45) is 0.808. The third-order valence-electron chi connectivity index (χ3n) is 3.62. The van der Waals surface area contributed by atoms with Crippen LogP contribution in [0.2, 0.25) is 0 Å². The molecule has 0 fully saturated rings. The van der Waals surface area contributed by atoms with Gasteiger partial charge in [-0.1, -0.05) is 24.3 Å². The SMILES string of the molecule is Cc1ccc(C(O)CC2OCCc3ccccc32)o1. The van der Waals surface area contributed by atoms with E-state index < -0.39 is 6.10 Å². The number of rotatable bonds is 3. The Morgan fingerprint density at radius 2 is 2.11 bits per heavy atom. The first-order valence-electron chi connectivity index (χ1n) is 6.68. The normalized spacial score (nSPS) is 20.0. The van der Waals surface area contributed by atoms with Gasteiger partial charge in [0.25, 0.3) is 0 Å². The van der Waals surface area contributed by atoms with Crippen LogP contribution in [0.1, 0.15) is 41.3 Å². The fourth-order valence-electron chi connectivity index (χ4n) is 2.62. The van der Waals surface area contributed by atoms with Gasteiger partial charge in [0, 0.05) is 6.42 Å². The summed E-state index contributed by atoms with van der Waals surface area (Å²) < 4.78 is 11.3. The minimum absolute atomic E-state index is 0.0506. The van der Waals surface area contributed by atoms with Crippen LogP contribution < -0.4 is 0 Å². The van der Waals surface area contributed by atoms with E-state index >= 15 is 0 Å². The standard InChI is InChI=1S/C16H18O3/c1-11-6-7-15(19-11)14(17)10-16-13-5-3-2-4-12(13)8-9-18-16/h2-7,14,16-17H,8-10H2,1H3. The lowest BCUT2D eigenvalue weighted by Gasteiger charge is -2.27. The zero-order chi connectivity index (χ0) is 13.2. The zero-order valence-corrected chi connectivity index (χ0v) is 11.0. The molecule has 0 spiro atoms. The maximum absolute atomic E-state index is 10.2. The van der Waals surface area contributed by atoms with Crippen LogP contribution >= 0.6 is 0 Å². The van der Waals surface area contributed by atoms with Crippen LogP contribution in [0.25, 0.3) is 0 Å². The molecule has 19 heavy (non-hydrogen) atoms. The number of hydrogen-bond donors (Lipinski definition) is 1. The fourth-order valence-corrected chi connectivity index (χ4v) is 2.62. The van der Waals surface area contributed by atoms with Gasteiger partial charge in [-0.15, -0.1) is 0 Å². The summed E-state index contributed by atoms with van der Waals surface area (Å²) in [6, 6.07) is 12.0. The number of benzene rings is 1. The van der Waals surface area contributed by atoms with Crippen molar-refractivity contribution in [1.29, 1.82) is 0 Å². The first kappa shape index (κ1) is 12.5. The maximum Gasteiger partial charge on any atom is 0.132 e. The van der Waals surface area contributed by atoms with E-state index in [-0.39, 0.29) is 6.10 Å². The monoisotopic (exact) mass is 258 g/mol. The molecule has 2 aromatic rings. The molecule has 0 aliphatic carbocycles. The molecule has 1 N–H and O–H groups in total. The van der Waals surface area contributed by atoms with Crippen LogP contribution in [-0.2, 0) is 11.2 Å². The van der Waals surface area contributed by atoms with E-state index in [0.29, 0.717) is 18.8 Å². The van der Waals surface area contributed by atoms with Crippen LogP contribution in [0.3, 0.4) is 0 Å². The number of aliphatic hydroxyl groups excluding tert-OH is 1. The Balaban J connectivity index is 1.77. The Hall–Kier alpha value is -1.58. The number of furan rings is 1. The predicted molar refractivity (Wildman–Crippen MR) is 71.9 cm³/mol. The molecule has 0 saturated carbocycles. The molecule has 2 unspecified atom stereocenters. The van der Waals surface area contributed by atoms with Gasteiger partial charge in [-0.05, 0) is 36.6 Å². The van der Waals surface area contributed by atoms with Crippen LogP contribution in [0.5, 0.6) is 0 Å². The van der Waals surface area contributed by atoms with Gasteiger partial charge in [-0.3, -0.25) is 0 Å². The highest BCUT2D eigenvalue weighted by molar-refractivity contribution is 5.31. The minimum Gasteiger partial charge on any atom is -0.464 e. The summed E-state index contributed by atoms with van der Waals surface area (Å²) in [7, 11) is 0. The Kier molecular flexibility index (Phi) is 3.40. The Bertz CT molecular complexity index is 559. The van der Waals surface area contributed by atoms with E-state index in [1.54, 1.807) is 0 Å². The van der Waals surface area contributed by atoms with Crippen LogP contribution in [-0.4, -0.2) is 11.7 Å². The molecule has 3 heteroatoms. The van der Waals surface area contributed by atoms with E-state index in [2.05, 4.69) is 12.1 Å². The first-order valence-corrected chi connectivity index (χ1v) is 6.68. The average molecular weight is 258 g/mol. The van der Waals surface area contributed by atoms with Crippen molar-refractivity contribution in [3.63, 3.8) is 0 Å². The number of fused-ring (bicyclic) bond motifs is 1. The fraction of sp³-hybridized carbons (Fsp3) is 0.375. The lowest BCUT2D eigenvalue weighted by molar-refractivity contribution is -0.00138. The summed E-state index contributed by atoms with van der Waals surface area (Å²) in [5.41, 5.74) is 2.51. The summed E-state index contributed by atoms with van der Waals surface area (Å²) in [4.78, 5) is 0. The molecule has 3 rings (SSSR count). The summed E-state index contributed by atoms with van der Waals surface area (Å²) in [6.45, 7) is 2.59. The highest BCUT2D eigenvalue weighted by Crippen LogP contribution is 2.34. The third kappa shape index (κ3) is 2.57. The van der Waals surface area contributed by atoms with Crippen LogP contribution in [0.15, 0.2) is 40.8 Å². The second-order valence-electron chi connectivity index (χ2n) is 5.01. The van der Waals surface area contributed by atoms with Crippen molar-refractivity contribution < 1.29 is 14.3 Å². The zero-order valence-electron chi connectivity index (χ0n) is 11.0. The second-order valence-corrected chi connectivity index (χ2v) is 5.01. The molecule has 0 radical (unpaired) electrons. The van der Waals surface area contributed by atoms with Crippen molar-refractivity contribution in [2.75, 3.05) is 6.61 Å². The minimum atomic E-state index is -0.621. The van der Waals surface area contributed by atoms with E-state index in [1.807, 2.05) is 31.2 Å². The van der Waals surface area contributed by atoms with Crippen molar-refractivity contribution >= 4 is 0 Å². The van der Waals surface area contributed by atoms with Gasteiger partial charge in [0.1, 0.15) is 17.6 Å². The van der Waals surface area contributed by atoms with Crippen molar-refractivity contribution in [1.82, 2.24) is 0 Å². The quantitative estimate of drug-likeness (QED) is 0.918. The molecule has 1 aromatic carbocycles. The first-order chi connectivity index (χ1) is 9.24. The van der Waals surface area contributed by atoms with Gasteiger partial charge in [0.2, 0.25) is 0 Å². The number of aliphatic hydroxyl groups is 1. The second kappa shape index (κ2) is 5.19. The highest BCUT2D eigenvalue weighted by atomic mass is 16.5. The van der Waals surface area contributed by atoms with Gasteiger partial charge < -0.3 is 14.3 Å². The molecular weight excluding hydrogens is 240 g/mol. The summed E-state index contributed by atoms with van der Waals surface area (Å²) in [5.74, 6) is 1.43. The molecular formula is C16H18O3. The number of hydrogen-bond acceptors (Lipinski definition) is 3. The molecule has 100 valence electrons. The highest BCUT2D eigenvalue weighted by Gasteiger charge is 2.25. The molecule has 1 aliphatic heterocycles. The molecule has 0 bridgehead atoms. The van der Waals surface area contributed by atoms with Crippen LogP contribution in [0.4, 0.5) is 0 Å². The van der Waals surface area contributed by atoms with E-state index in [4.69, 9.17) is 9.15 Å². The number of ether oxygens (including phenoxy) is 1. The van der Waals surface area contributed by atoms with Gasteiger partial charge >= 0.3 is 0 Å². The third-order valence-corrected chi connectivity index (χ3v) is 3.62. The smallest absolute Gasteiger partial charge is 0.132 e. The van der Waals surface area contributed by atoms with Crippen molar-refractivity contribution in [2.24, 2.45) is 0 Å².